The van der Waals surface area contributed by atoms with Gasteiger partial charge in [0.1, 0.15) is 0 Å². The number of hydrogen-bond donors (Lipinski definition) is 1. The van der Waals surface area contributed by atoms with Crippen LogP contribution in [-0.4, -0.2) is 6.54 Å². The lowest BCUT2D eigenvalue weighted by Gasteiger charge is -2.15. The molecule has 1 aromatic carbocycles. The van der Waals surface area contributed by atoms with Crippen LogP contribution in [0.4, 0.5) is 0 Å². The third-order valence-electron chi connectivity index (χ3n) is 4.79. The van der Waals surface area contributed by atoms with Gasteiger partial charge in [0.25, 0.3) is 0 Å². The van der Waals surface area contributed by atoms with Gasteiger partial charge < -0.3 is 5.32 Å². The van der Waals surface area contributed by atoms with E-state index in [4.69, 9.17) is 0 Å². The molecule has 1 nitrogen and oxygen atoms in total. The molecular weight excluding hydrogens is 218 g/mol. The third kappa shape index (κ3) is 2.77. The van der Waals surface area contributed by atoms with Crippen LogP contribution in [0.15, 0.2) is 24.3 Å². The van der Waals surface area contributed by atoms with E-state index in [1.54, 1.807) is 11.1 Å². The van der Waals surface area contributed by atoms with Crippen molar-refractivity contribution in [2.75, 3.05) is 6.54 Å². The molecule has 0 aliphatic heterocycles. The van der Waals surface area contributed by atoms with E-state index in [1.165, 1.54) is 57.9 Å². The second-order valence-electron chi connectivity index (χ2n) is 6.04. The van der Waals surface area contributed by atoms with Crippen LogP contribution < -0.4 is 5.32 Å². The molecule has 0 bridgehead atoms. The molecule has 0 aromatic heterocycles. The standard InChI is InChI=1S/C17H25N/c1-2-7-14(6-1)8-5-13-18-17-12-11-15-9-3-4-10-16(15)17/h3-4,9-10,14,17-18H,1-2,5-8,11-13H2. The Morgan fingerprint density at radius 2 is 1.89 bits per heavy atom. The zero-order valence-electron chi connectivity index (χ0n) is 11.3. The smallest absolute Gasteiger partial charge is 0.0326 e. The van der Waals surface area contributed by atoms with Crippen molar-refractivity contribution in [2.45, 2.75) is 57.4 Å². The fourth-order valence-electron chi connectivity index (χ4n) is 3.74. The van der Waals surface area contributed by atoms with Crippen LogP contribution in [0, 0.1) is 5.92 Å². The minimum atomic E-state index is 0.629. The van der Waals surface area contributed by atoms with Gasteiger partial charge in [0.05, 0.1) is 0 Å². The van der Waals surface area contributed by atoms with E-state index in [0.717, 1.165) is 5.92 Å². The first-order valence-corrected chi connectivity index (χ1v) is 7.74. The highest BCUT2D eigenvalue weighted by Crippen LogP contribution is 2.31. The molecule has 1 saturated carbocycles. The van der Waals surface area contributed by atoms with Crippen molar-refractivity contribution in [3.8, 4) is 0 Å². The van der Waals surface area contributed by atoms with Gasteiger partial charge in [0, 0.05) is 6.04 Å². The summed E-state index contributed by atoms with van der Waals surface area (Å²) in [5.74, 6) is 1.04. The lowest BCUT2D eigenvalue weighted by atomic mass is 10.0. The Hall–Kier alpha value is -0.820. The average molecular weight is 243 g/mol. The maximum atomic E-state index is 3.76. The van der Waals surface area contributed by atoms with Crippen molar-refractivity contribution in [2.24, 2.45) is 5.92 Å². The van der Waals surface area contributed by atoms with Gasteiger partial charge in [-0.1, -0.05) is 49.9 Å². The van der Waals surface area contributed by atoms with Crippen molar-refractivity contribution in [3.63, 3.8) is 0 Å². The second kappa shape index (κ2) is 5.88. The molecule has 0 saturated heterocycles. The lowest BCUT2D eigenvalue weighted by molar-refractivity contribution is 0.447. The summed E-state index contributed by atoms with van der Waals surface area (Å²) in [6.45, 7) is 1.20. The Morgan fingerprint density at radius 3 is 2.78 bits per heavy atom. The number of aryl methyl sites for hydroxylation is 1. The van der Waals surface area contributed by atoms with Crippen molar-refractivity contribution in [3.05, 3.63) is 35.4 Å². The van der Waals surface area contributed by atoms with Crippen LogP contribution in [0.2, 0.25) is 0 Å². The van der Waals surface area contributed by atoms with E-state index in [0.29, 0.717) is 6.04 Å². The molecule has 0 radical (unpaired) electrons. The van der Waals surface area contributed by atoms with Crippen LogP contribution in [0.1, 0.15) is 62.1 Å². The Kier molecular flexibility index (Phi) is 3.99. The molecule has 1 fully saturated rings. The van der Waals surface area contributed by atoms with Crippen LogP contribution in [0.3, 0.4) is 0 Å². The van der Waals surface area contributed by atoms with Crippen LogP contribution >= 0.6 is 0 Å². The van der Waals surface area contributed by atoms with Gasteiger partial charge >= 0.3 is 0 Å². The van der Waals surface area contributed by atoms with Gasteiger partial charge in [-0.05, 0) is 49.3 Å². The third-order valence-corrected chi connectivity index (χ3v) is 4.79. The number of fused-ring (bicyclic) bond motifs is 1. The normalized spacial score (nSPS) is 23.4. The molecule has 98 valence electrons. The summed E-state index contributed by atoms with van der Waals surface area (Å²) in [4.78, 5) is 0. The van der Waals surface area contributed by atoms with E-state index >= 15 is 0 Å². The van der Waals surface area contributed by atoms with Gasteiger partial charge in [-0.3, -0.25) is 0 Å². The molecule has 2 aliphatic rings. The summed E-state index contributed by atoms with van der Waals surface area (Å²) in [6.07, 6.45) is 11.3. The Bertz CT molecular complexity index is 379. The predicted octanol–water partition coefficient (Wildman–Crippen LogP) is 4.23. The molecule has 3 rings (SSSR count). The highest BCUT2D eigenvalue weighted by Gasteiger charge is 2.21. The van der Waals surface area contributed by atoms with E-state index in [2.05, 4.69) is 29.6 Å². The molecule has 0 amide bonds. The Labute approximate surface area is 111 Å². The molecule has 1 N–H and O–H groups in total. The van der Waals surface area contributed by atoms with E-state index in [1.807, 2.05) is 0 Å². The van der Waals surface area contributed by atoms with Gasteiger partial charge in [-0.25, -0.2) is 0 Å². The molecule has 1 aromatic rings. The highest BCUT2D eigenvalue weighted by atomic mass is 14.9. The molecular formula is C17H25N. The summed E-state index contributed by atoms with van der Waals surface area (Å²) in [5, 5.41) is 3.76. The SMILES string of the molecule is c1ccc2c(c1)CCC2NCCCC1CCCC1. The Balaban J connectivity index is 1.41. The maximum absolute atomic E-state index is 3.76. The summed E-state index contributed by atoms with van der Waals surface area (Å²) in [5.41, 5.74) is 3.11. The minimum absolute atomic E-state index is 0.629. The number of rotatable bonds is 5. The molecule has 1 unspecified atom stereocenters. The van der Waals surface area contributed by atoms with Crippen molar-refractivity contribution in [1.29, 1.82) is 0 Å². The molecule has 0 spiro atoms. The first-order valence-electron chi connectivity index (χ1n) is 7.74. The van der Waals surface area contributed by atoms with Crippen molar-refractivity contribution < 1.29 is 0 Å². The monoisotopic (exact) mass is 243 g/mol. The number of nitrogens with one attached hydrogen (secondary N) is 1. The van der Waals surface area contributed by atoms with Crippen LogP contribution in [0.25, 0.3) is 0 Å². The number of hydrogen-bond acceptors (Lipinski definition) is 1. The van der Waals surface area contributed by atoms with Gasteiger partial charge in [0.15, 0.2) is 0 Å². The zero-order valence-corrected chi connectivity index (χ0v) is 11.3. The summed E-state index contributed by atoms with van der Waals surface area (Å²) < 4.78 is 0. The quantitative estimate of drug-likeness (QED) is 0.763. The molecule has 2 aliphatic carbocycles. The van der Waals surface area contributed by atoms with Gasteiger partial charge in [-0.15, -0.1) is 0 Å². The first kappa shape index (κ1) is 12.2. The largest absolute Gasteiger partial charge is 0.310 e. The summed E-state index contributed by atoms with van der Waals surface area (Å²) >= 11 is 0. The van der Waals surface area contributed by atoms with E-state index < -0.39 is 0 Å². The van der Waals surface area contributed by atoms with Crippen LogP contribution in [0.5, 0.6) is 0 Å². The molecule has 1 heteroatoms. The fraction of sp³-hybridized carbons (Fsp3) is 0.647. The molecule has 18 heavy (non-hydrogen) atoms. The van der Waals surface area contributed by atoms with Crippen molar-refractivity contribution in [1.82, 2.24) is 5.32 Å². The lowest BCUT2D eigenvalue weighted by Crippen LogP contribution is -2.20. The van der Waals surface area contributed by atoms with Crippen molar-refractivity contribution >= 4 is 0 Å². The van der Waals surface area contributed by atoms with E-state index in [9.17, 15) is 0 Å². The van der Waals surface area contributed by atoms with Gasteiger partial charge in [-0.2, -0.15) is 0 Å². The van der Waals surface area contributed by atoms with E-state index in [-0.39, 0.29) is 0 Å². The zero-order chi connectivity index (χ0) is 12.2. The van der Waals surface area contributed by atoms with Gasteiger partial charge in [0.2, 0.25) is 0 Å². The topological polar surface area (TPSA) is 12.0 Å². The highest BCUT2D eigenvalue weighted by molar-refractivity contribution is 5.34. The maximum Gasteiger partial charge on any atom is 0.0326 e. The fourth-order valence-corrected chi connectivity index (χ4v) is 3.74. The predicted molar refractivity (Wildman–Crippen MR) is 76.7 cm³/mol. The van der Waals surface area contributed by atoms with Crippen LogP contribution in [-0.2, 0) is 6.42 Å². The second-order valence-corrected chi connectivity index (χ2v) is 6.04. The minimum Gasteiger partial charge on any atom is -0.310 e. The first-order chi connectivity index (χ1) is 8.93. The summed E-state index contributed by atoms with van der Waals surface area (Å²) in [6, 6.07) is 9.57. The summed E-state index contributed by atoms with van der Waals surface area (Å²) in [7, 11) is 0. The molecule has 1 atom stereocenters. The average Bonchev–Trinajstić information content (AvgIpc) is 3.04. The molecule has 0 heterocycles. The Morgan fingerprint density at radius 1 is 1.06 bits per heavy atom. The number of benzene rings is 1.